The Morgan fingerprint density at radius 1 is 0.645 bits per heavy atom. The van der Waals surface area contributed by atoms with Crippen LogP contribution < -0.4 is 0 Å². The van der Waals surface area contributed by atoms with Crippen LogP contribution in [0.5, 0.6) is 0 Å². The van der Waals surface area contributed by atoms with Crippen LogP contribution in [0, 0.1) is 11.8 Å². The molecule has 6 nitrogen and oxygen atoms in total. The number of rotatable bonds is 3. The van der Waals surface area contributed by atoms with E-state index < -0.39 is 77.1 Å². The summed E-state index contributed by atoms with van der Waals surface area (Å²) in [4.78, 5) is 0. The van der Waals surface area contributed by atoms with Crippen LogP contribution in [-0.4, -0.2) is 78.3 Å². The summed E-state index contributed by atoms with van der Waals surface area (Å²) in [5.41, 5.74) is -2.36. The SMILES string of the molecule is O=S1(=O)CCC(C(F)F)C1.O=S1(=O)CCC(C(F)F)C1F.O=S1(=O)CCCC1C(F)F. The van der Waals surface area contributed by atoms with Crippen molar-refractivity contribution in [3.05, 3.63) is 0 Å². The molecular weight excluding hydrogens is 505 g/mol. The molecular formula is C15H23F7O6S3. The maximum Gasteiger partial charge on any atom is 0.255 e. The smallest absolute Gasteiger partial charge is 0.230 e. The lowest BCUT2D eigenvalue weighted by molar-refractivity contribution is 0.0558. The first-order valence-electron chi connectivity index (χ1n) is 9.12. The summed E-state index contributed by atoms with van der Waals surface area (Å²) in [6.07, 6.45) is -7.68. The predicted octanol–water partition coefficient (Wildman–Crippen LogP) is 2.50. The molecule has 0 radical (unpaired) electrons. The van der Waals surface area contributed by atoms with Crippen LogP contribution in [-0.2, 0) is 29.5 Å². The lowest BCUT2D eigenvalue weighted by Crippen LogP contribution is -2.23. The molecule has 3 rings (SSSR count). The molecule has 4 unspecified atom stereocenters. The summed E-state index contributed by atoms with van der Waals surface area (Å²) in [6.45, 7) is 0. The van der Waals surface area contributed by atoms with E-state index in [2.05, 4.69) is 0 Å². The van der Waals surface area contributed by atoms with Crippen LogP contribution >= 0.6 is 0 Å². The minimum Gasteiger partial charge on any atom is -0.230 e. The van der Waals surface area contributed by atoms with E-state index in [-0.39, 0.29) is 36.5 Å². The molecule has 3 aliphatic heterocycles. The van der Waals surface area contributed by atoms with E-state index in [9.17, 15) is 56.0 Å². The van der Waals surface area contributed by atoms with Gasteiger partial charge in [-0.15, -0.1) is 0 Å². The topological polar surface area (TPSA) is 102 Å². The molecule has 0 saturated carbocycles. The molecule has 186 valence electrons. The third-order valence-electron chi connectivity index (χ3n) is 5.02. The molecule has 0 aromatic carbocycles. The maximum absolute atomic E-state index is 12.5. The Hall–Kier alpha value is -0.640. The molecule has 0 spiro atoms. The molecule has 0 aromatic rings. The lowest BCUT2D eigenvalue weighted by Gasteiger charge is -2.08. The van der Waals surface area contributed by atoms with E-state index in [1.807, 2.05) is 0 Å². The fraction of sp³-hybridized carbons (Fsp3) is 1.00. The average Bonchev–Trinajstić information content (AvgIpc) is 3.24. The van der Waals surface area contributed by atoms with E-state index in [1.165, 1.54) is 0 Å². The Labute approximate surface area is 176 Å². The first-order chi connectivity index (χ1) is 14.0. The highest BCUT2D eigenvalue weighted by molar-refractivity contribution is 7.92. The second kappa shape index (κ2) is 11.0. The Balaban J connectivity index is 0.000000233. The van der Waals surface area contributed by atoms with E-state index in [0.717, 1.165) is 0 Å². The molecule has 0 bridgehead atoms. The van der Waals surface area contributed by atoms with Gasteiger partial charge in [-0.25, -0.2) is 56.0 Å². The van der Waals surface area contributed by atoms with Crippen molar-refractivity contribution >= 4 is 29.5 Å². The first kappa shape index (κ1) is 28.4. The summed E-state index contributed by atoms with van der Waals surface area (Å²) >= 11 is 0. The monoisotopic (exact) mass is 528 g/mol. The zero-order valence-corrected chi connectivity index (χ0v) is 18.5. The zero-order chi connectivity index (χ0) is 24.2. The molecule has 3 aliphatic rings. The molecule has 3 saturated heterocycles. The first-order valence-corrected chi connectivity index (χ1v) is 14.4. The van der Waals surface area contributed by atoms with Crippen molar-refractivity contribution in [2.75, 3.05) is 23.0 Å². The number of halogens is 7. The number of hydrogen-bond donors (Lipinski definition) is 0. The third kappa shape index (κ3) is 8.33. The van der Waals surface area contributed by atoms with Gasteiger partial charge in [0.25, 0.3) is 6.43 Å². The van der Waals surface area contributed by atoms with Gasteiger partial charge >= 0.3 is 0 Å². The van der Waals surface area contributed by atoms with Crippen LogP contribution in [0.2, 0.25) is 0 Å². The van der Waals surface area contributed by atoms with Gasteiger partial charge in [0.15, 0.2) is 29.5 Å². The van der Waals surface area contributed by atoms with E-state index in [1.54, 1.807) is 0 Å². The summed E-state index contributed by atoms with van der Waals surface area (Å²) in [5.74, 6) is -3.44. The summed E-state index contributed by atoms with van der Waals surface area (Å²) in [5, 5.41) is -1.38. The fourth-order valence-electron chi connectivity index (χ4n) is 3.17. The summed E-state index contributed by atoms with van der Waals surface area (Å²) in [6, 6.07) is 0. The normalized spacial score (nSPS) is 33.1. The van der Waals surface area contributed by atoms with Gasteiger partial charge in [0.2, 0.25) is 18.4 Å². The van der Waals surface area contributed by atoms with Crippen LogP contribution in [0.1, 0.15) is 25.7 Å². The number of sulfone groups is 3. The van der Waals surface area contributed by atoms with Crippen molar-refractivity contribution in [3.63, 3.8) is 0 Å². The molecule has 0 N–H and O–H groups in total. The molecule has 16 heteroatoms. The molecule has 31 heavy (non-hydrogen) atoms. The van der Waals surface area contributed by atoms with E-state index in [4.69, 9.17) is 0 Å². The highest BCUT2D eigenvalue weighted by Crippen LogP contribution is 2.32. The third-order valence-corrected chi connectivity index (χ3v) is 10.9. The molecule has 0 amide bonds. The van der Waals surface area contributed by atoms with Crippen molar-refractivity contribution in [2.45, 2.75) is 55.7 Å². The van der Waals surface area contributed by atoms with Crippen LogP contribution in [0.15, 0.2) is 0 Å². The minimum absolute atomic E-state index is 0.0675. The summed E-state index contributed by atoms with van der Waals surface area (Å²) < 4.78 is 147. The molecule has 0 aliphatic carbocycles. The van der Waals surface area contributed by atoms with E-state index in [0.29, 0.717) is 6.42 Å². The van der Waals surface area contributed by atoms with Crippen molar-refractivity contribution in [2.24, 2.45) is 11.8 Å². The van der Waals surface area contributed by atoms with Gasteiger partial charge in [-0.1, -0.05) is 0 Å². The molecule has 3 fully saturated rings. The Morgan fingerprint density at radius 2 is 1.23 bits per heavy atom. The van der Waals surface area contributed by atoms with Gasteiger partial charge in [0, 0.05) is 5.92 Å². The minimum atomic E-state index is -3.87. The van der Waals surface area contributed by atoms with Crippen molar-refractivity contribution in [1.82, 2.24) is 0 Å². The fourth-order valence-corrected chi connectivity index (χ4v) is 8.29. The number of alkyl halides is 7. The molecule has 3 heterocycles. The maximum atomic E-state index is 12.5. The van der Waals surface area contributed by atoms with Gasteiger partial charge < -0.3 is 0 Å². The van der Waals surface area contributed by atoms with Gasteiger partial charge in [0.05, 0.1) is 28.9 Å². The largest absolute Gasteiger partial charge is 0.255 e. The quantitative estimate of drug-likeness (QED) is 0.522. The zero-order valence-electron chi connectivity index (χ0n) is 16.0. The van der Waals surface area contributed by atoms with Crippen molar-refractivity contribution in [1.29, 1.82) is 0 Å². The Bertz CT molecular complexity index is 890. The van der Waals surface area contributed by atoms with Crippen molar-refractivity contribution < 1.29 is 56.0 Å². The van der Waals surface area contributed by atoms with Gasteiger partial charge in [-0.2, -0.15) is 0 Å². The second-order valence-electron chi connectivity index (χ2n) is 7.38. The van der Waals surface area contributed by atoms with Crippen molar-refractivity contribution in [3.8, 4) is 0 Å². The second-order valence-corrected chi connectivity index (χ2v) is 14.1. The highest BCUT2D eigenvalue weighted by atomic mass is 32.2. The number of hydrogen-bond acceptors (Lipinski definition) is 6. The van der Waals surface area contributed by atoms with Gasteiger partial charge in [-0.05, 0) is 25.7 Å². The van der Waals surface area contributed by atoms with Gasteiger partial charge in [0.1, 0.15) is 5.25 Å². The lowest BCUT2D eigenvalue weighted by atomic mass is 10.1. The molecule has 4 atom stereocenters. The van der Waals surface area contributed by atoms with Crippen LogP contribution in [0.25, 0.3) is 0 Å². The Morgan fingerprint density at radius 3 is 1.42 bits per heavy atom. The molecule has 0 aromatic heterocycles. The highest BCUT2D eigenvalue weighted by Gasteiger charge is 2.45. The van der Waals surface area contributed by atoms with Crippen LogP contribution in [0.3, 0.4) is 0 Å². The predicted molar refractivity (Wildman–Crippen MR) is 98.4 cm³/mol. The standard InChI is InChI=1S/C5H7F3O2S.2C5H8F2O2S/c6-4(7)3-1-2-11(9,10)5(3)8;6-5(7)4-1-2-10(8,9)3-4;6-5(7)4-2-1-3-10(4,8)9/h3-5H,1-2H2;2*4-5H,1-3H2. The van der Waals surface area contributed by atoms with Crippen LogP contribution in [0.4, 0.5) is 30.7 Å². The Kier molecular flexibility index (Phi) is 10.1. The van der Waals surface area contributed by atoms with Gasteiger partial charge in [-0.3, -0.25) is 0 Å². The average molecular weight is 529 g/mol. The van der Waals surface area contributed by atoms with E-state index >= 15 is 0 Å². The summed E-state index contributed by atoms with van der Waals surface area (Å²) in [7, 11) is -10.4.